The summed E-state index contributed by atoms with van der Waals surface area (Å²) in [5.41, 5.74) is 0. The van der Waals surface area contributed by atoms with E-state index < -0.39 is 0 Å². The predicted octanol–water partition coefficient (Wildman–Crippen LogP) is 2.76. The van der Waals surface area contributed by atoms with Crippen LogP contribution in [0.1, 0.15) is 0 Å². The molecule has 3 heteroatoms. The van der Waals surface area contributed by atoms with Crippen LogP contribution in [0.3, 0.4) is 0 Å². The van der Waals surface area contributed by atoms with Crippen LogP contribution >= 0.6 is 0 Å². The first-order valence-corrected chi connectivity index (χ1v) is 5.26. The summed E-state index contributed by atoms with van der Waals surface area (Å²) in [5, 5.41) is 1.40. The lowest BCUT2D eigenvalue weighted by molar-refractivity contribution is 0.265. The third-order valence-electron chi connectivity index (χ3n) is 2.66. The molecule has 2 aromatic carbocycles. The molecule has 1 heterocycles. The second kappa shape index (κ2) is 3.76. The molecule has 0 aromatic heterocycles. The first-order chi connectivity index (χ1) is 7.84. The van der Waals surface area contributed by atoms with Gasteiger partial charge in [0.1, 0.15) is 24.3 Å². The zero-order chi connectivity index (χ0) is 11.0. The molecule has 0 N–H and O–H groups in total. The molecule has 16 heavy (non-hydrogen) atoms. The molecule has 2 aromatic rings. The number of fused-ring (bicyclic) bond motifs is 1. The van der Waals surface area contributed by atoms with E-state index in [1.54, 1.807) is 12.1 Å². The summed E-state index contributed by atoms with van der Waals surface area (Å²) in [4.78, 5) is 0. The molecule has 0 aliphatic carbocycles. The minimum atomic E-state index is -0.217. The van der Waals surface area contributed by atoms with E-state index in [0.29, 0.717) is 17.7 Å². The lowest BCUT2D eigenvalue weighted by Crippen LogP contribution is -2.04. The molecule has 1 fully saturated rings. The van der Waals surface area contributed by atoms with Gasteiger partial charge in [-0.05, 0) is 12.1 Å². The van der Waals surface area contributed by atoms with Gasteiger partial charge in [-0.15, -0.1) is 0 Å². The van der Waals surface area contributed by atoms with Crippen molar-refractivity contribution in [2.75, 3.05) is 13.2 Å². The molecule has 0 saturated carbocycles. The zero-order valence-electron chi connectivity index (χ0n) is 8.65. The van der Waals surface area contributed by atoms with Crippen molar-refractivity contribution >= 4 is 10.8 Å². The Morgan fingerprint density at radius 2 is 1.94 bits per heavy atom. The lowest BCUT2D eigenvalue weighted by atomic mass is 10.1. The van der Waals surface area contributed by atoms with Crippen LogP contribution in [0, 0.1) is 5.82 Å². The van der Waals surface area contributed by atoms with E-state index in [4.69, 9.17) is 9.47 Å². The van der Waals surface area contributed by atoms with Crippen molar-refractivity contribution in [2.24, 2.45) is 0 Å². The van der Waals surface area contributed by atoms with Gasteiger partial charge in [-0.3, -0.25) is 0 Å². The highest BCUT2D eigenvalue weighted by molar-refractivity contribution is 5.88. The minimum absolute atomic E-state index is 0.212. The van der Waals surface area contributed by atoms with Gasteiger partial charge in [0.2, 0.25) is 0 Å². The molecule has 0 bridgehead atoms. The van der Waals surface area contributed by atoms with Gasteiger partial charge in [-0.1, -0.05) is 24.3 Å². The van der Waals surface area contributed by atoms with Crippen LogP contribution in [-0.4, -0.2) is 19.3 Å². The SMILES string of the molecule is Fc1ccc(OC[C@H]2CO2)c2ccccc12. The van der Waals surface area contributed by atoms with E-state index in [1.165, 1.54) is 6.07 Å². The standard InChI is InChI=1S/C13H11FO2/c14-12-5-6-13(16-8-9-7-15-9)11-4-2-1-3-10(11)12/h1-6,9H,7-8H2/t9-/m1/s1. The Morgan fingerprint density at radius 3 is 2.69 bits per heavy atom. The highest BCUT2D eigenvalue weighted by Crippen LogP contribution is 2.28. The summed E-state index contributed by atoms with van der Waals surface area (Å²) >= 11 is 0. The van der Waals surface area contributed by atoms with Gasteiger partial charge in [-0.2, -0.15) is 0 Å². The van der Waals surface area contributed by atoms with Crippen LogP contribution in [-0.2, 0) is 4.74 Å². The molecule has 0 amide bonds. The van der Waals surface area contributed by atoms with Gasteiger partial charge in [0.25, 0.3) is 0 Å². The molecule has 82 valence electrons. The molecular weight excluding hydrogens is 207 g/mol. The maximum atomic E-state index is 13.5. The van der Waals surface area contributed by atoms with E-state index in [0.717, 1.165) is 12.0 Å². The number of epoxide rings is 1. The van der Waals surface area contributed by atoms with Crippen LogP contribution in [0.5, 0.6) is 5.75 Å². The summed E-state index contributed by atoms with van der Waals surface area (Å²) in [5.74, 6) is 0.498. The number of hydrogen-bond acceptors (Lipinski definition) is 2. The van der Waals surface area contributed by atoms with Gasteiger partial charge in [0.05, 0.1) is 6.61 Å². The smallest absolute Gasteiger partial charge is 0.131 e. The second-order valence-corrected chi connectivity index (χ2v) is 3.86. The van der Waals surface area contributed by atoms with Crippen LogP contribution in [0.15, 0.2) is 36.4 Å². The first kappa shape index (κ1) is 9.60. The van der Waals surface area contributed by atoms with Crippen LogP contribution < -0.4 is 4.74 Å². The molecule has 1 aliphatic rings. The topological polar surface area (TPSA) is 21.8 Å². The van der Waals surface area contributed by atoms with E-state index in [2.05, 4.69) is 0 Å². The van der Waals surface area contributed by atoms with Crippen LogP contribution in [0.2, 0.25) is 0 Å². The Kier molecular flexibility index (Phi) is 2.26. The van der Waals surface area contributed by atoms with E-state index in [1.807, 2.05) is 18.2 Å². The van der Waals surface area contributed by atoms with E-state index in [9.17, 15) is 4.39 Å². The molecular formula is C13H11FO2. The number of rotatable bonds is 3. The fraction of sp³-hybridized carbons (Fsp3) is 0.231. The third-order valence-corrected chi connectivity index (χ3v) is 2.66. The Balaban J connectivity index is 1.99. The molecule has 1 aliphatic heterocycles. The maximum Gasteiger partial charge on any atom is 0.131 e. The van der Waals surface area contributed by atoms with Crippen molar-refractivity contribution in [3.05, 3.63) is 42.2 Å². The number of ether oxygens (including phenoxy) is 2. The fourth-order valence-electron chi connectivity index (χ4n) is 1.71. The summed E-state index contributed by atoms with van der Waals surface area (Å²) in [6, 6.07) is 10.4. The Morgan fingerprint density at radius 1 is 1.19 bits per heavy atom. The molecule has 1 saturated heterocycles. The van der Waals surface area contributed by atoms with Crippen molar-refractivity contribution in [1.29, 1.82) is 0 Å². The van der Waals surface area contributed by atoms with Crippen molar-refractivity contribution in [2.45, 2.75) is 6.10 Å². The van der Waals surface area contributed by atoms with E-state index in [-0.39, 0.29) is 11.9 Å². The molecule has 0 spiro atoms. The van der Waals surface area contributed by atoms with Crippen molar-refractivity contribution in [3.63, 3.8) is 0 Å². The average molecular weight is 218 g/mol. The Bertz CT molecular complexity index is 520. The van der Waals surface area contributed by atoms with Gasteiger partial charge >= 0.3 is 0 Å². The number of halogens is 1. The Hall–Kier alpha value is -1.61. The molecule has 1 atom stereocenters. The fourth-order valence-corrected chi connectivity index (χ4v) is 1.71. The van der Waals surface area contributed by atoms with Crippen molar-refractivity contribution in [3.8, 4) is 5.75 Å². The maximum absolute atomic E-state index is 13.5. The lowest BCUT2D eigenvalue weighted by Gasteiger charge is -2.08. The van der Waals surface area contributed by atoms with Gasteiger partial charge in [-0.25, -0.2) is 4.39 Å². The zero-order valence-corrected chi connectivity index (χ0v) is 8.65. The van der Waals surface area contributed by atoms with Gasteiger partial charge < -0.3 is 9.47 Å². The van der Waals surface area contributed by atoms with Gasteiger partial charge in [0, 0.05) is 10.8 Å². The minimum Gasteiger partial charge on any atom is -0.490 e. The van der Waals surface area contributed by atoms with Crippen LogP contribution in [0.25, 0.3) is 10.8 Å². The predicted molar refractivity (Wildman–Crippen MR) is 59.1 cm³/mol. The third kappa shape index (κ3) is 1.74. The summed E-state index contributed by atoms with van der Waals surface area (Å²) in [6.07, 6.45) is 0.212. The normalized spacial score (nSPS) is 18.7. The van der Waals surface area contributed by atoms with Crippen LogP contribution in [0.4, 0.5) is 4.39 Å². The summed E-state index contributed by atoms with van der Waals surface area (Å²) < 4.78 is 24.2. The molecule has 2 nitrogen and oxygen atoms in total. The molecule has 3 rings (SSSR count). The van der Waals surface area contributed by atoms with Crippen molar-refractivity contribution in [1.82, 2.24) is 0 Å². The van der Waals surface area contributed by atoms with Gasteiger partial charge in [0.15, 0.2) is 0 Å². The summed E-state index contributed by atoms with van der Waals surface area (Å²) in [6.45, 7) is 1.30. The van der Waals surface area contributed by atoms with E-state index >= 15 is 0 Å². The molecule has 0 radical (unpaired) electrons. The quantitative estimate of drug-likeness (QED) is 0.739. The molecule has 0 unspecified atom stereocenters. The largest absolute Gasteiger partial charge is 0.490 e. The Labute approximate surface area is 92.6 Å². The highest BCUT2D eigenvalue weighted by Gasteiger charge is 2.23. The first-order valence-electron chi connectivity index (χ1n) is 5.26. The summed E-state index contributed by atoms with van der Waals surface area (Å²) in [7, 11) is 0. The van der Waals surface area contributed by atoms with Crippen molar-refractivity contribution < 1.29 is 13.9 Å². The average Bonchev–Trinajstić information content (AvgIpc) is 3.13. The second-order valence-electron chi connectivity index (χ2n) is 3.86. The number of benzene rings is 2. The highest BCUT2D eigenvalue weighted by atomic mass is 19.1. The monoisotopic (exact) mass is 218 g/mol. The number of hydrogen-bond donors (Lipinski definition) is 0.